The first-order chi connectivity index (χ1) is 11.6. The first-order valence-corrected chi connectivity index (χ1v) is 8.40. The van der Waals surface area contributed by atoms with Crippen molar-refractivity contribution in [1.82, 2.24) is 0 Å². The molecule has 0 aliphatic rings. The van der Waals surface area contributed by atoms with E-state index in [1.54, 1.807) is 31.2 Å². The number of carbonyl (C=O) groups is 1. The minimum atomic E-state index is -0.340. The van der Waals surface area contributed by atoms with E-state index in [1.807, 2.05) is 35.7 Å². The van der Waals surface area contributed by atoms with Crippen molar-refractivity contribution >= 4 is 34.8 Å². The van der Waals surface area contributed by atoms with Crippen molar-refractivity contribution in [3.63, 3.8) is 0 Å². The van der Waals surface area contributed by atoms with Crippen LogP contribution in [-0.2, 0) is 0 Å². The second-order valence-electron chi connectivity index (χ2n) is 5.10. The lowest BCUT2D eigenvalue weighted by molar-refractivity contribution is 0.103. The normalized spacial score (nSPS) is 11.3. The fourth-order valence-corrected chi connectivity index (χ4v) is 3.06. The van der Waals surface area contributed by atoms with Crippen molar-refractivity contribution < 1.29 is 9.21 Å². The summed E-state index contributed by atoms with van der Waals surface area (Å²) in [6.45, 7) is 1.72. The summed E-state index contributed by atoms with van der Waals surface area (Å²) in [6, 6.07) is 14.5. The number of hydrogen-bond donors (Lipinski definition) is 0. The molecule has 0 fully saturated rings. The van der Waals surface area contributed by atoms with Gasteiger partial charge in [0, 0.05) is 15.5 Å². The Morgan fingerprint density at radius 3 is 2.67 bits per heavy atom. The van der Waals surface area contributed by atoms with Gasteiger partial charge < -0.3 is 4.42 Å². The van der Waals surface area contributed by atoms with Gasteiger partial charge in [-0.1, -0.05) is 17.7 Å². The van der Waals surface area contributed by atoms with Crippen LogP contribution in [0, 0.1) is 18.3 Å². The number of halogens is 1. The molecule has 0 aliphatic heterocycles. The minimum Gasteiger partial charge on any atom is -0.461 e. The number of aryl methyl sites for hydroxylation is 1. The number of nitriles is 1. The summed E-state index contributed by atoms with van der Waals surface area (Å²) < 4.78 is 5.69. The standard InChI is InChI=1S/C19H12ClNO2S/c1-12-17(10-18(23-12)13-4-6-15(20)7-5-13)19(22)14(11-21)9-16-3-2-8-24-16/h2-10H,1H3. The van der Waals surface area contributed by atoms with Crippen LogP contribution in [0.5, 0.6) is 0 Å². The molecule has 5 heteroatoms. The van der Waals surface area contributed by atoms with Crippen LogP contribution in [-0.4, -0.2) is 5.78 Å². The molecule has 2 aromatic heterocycles. The van der Waals surface area contributed by atoms with Gasteiger partial charge in [0.1, 0.15) is 23.2 Å². The van der Waals surface area contributed by atoms with Crippen LogP contribution in [0.2, 0.25) is 5.02 Å². The Labute approximate surface area is 148 Å². The summed E-state index contributed by atoms with van der Waals surface area (Å²) in [5, 5.41) is 11.8. The zero-order valence-corrected chi connectivity index (χ0v) is 14.3. The molecule has 24 heavy (non-hydrogen) atoms. The van der Waals surface area contributed by atoms with E-state index in [9.17, 15) is 10.1 Å². The molecule has 0 amide bonds. The van der Waals surface area contributed by atoms with Gasteiger partial charge in [-0.25, -0.2) is 0 Å². The van der Waals surface area contributed by atoms with E-state index in [-0.39, 0.29) is 11.4 Å². The zero-order valence-electron chi connectivity index (χ0n) is 12.7. The molecular weight excluding hydrogens is 342 g/mol. The highest BCUT2D eigenvalue weighted by atomic mass is 35.5. The third-order valence-electron chi connectivity index (χ3n) is 3.49. The number of rotatable bonds is 4. The Bertz CT molecular complexity index is 944. The highest BCUT2D eigenvalue weighted by molar-refractivity contribution is 7.10. The van der Waals surface area contributed by atoms with Gasteiger partial charge in [0.15, 0.2) is 0 Å². The lowest BCUT2D eigenvalue weighted by Crippen LogP contribution is -2.01. The maximum Gasteiger partial charge on any atom is 0.207 e. The van der Waals surface area contributed by atoms with E-state index >= 15 is 0 Å². The molecule has 0 saturated carbocycles. The lowest BCUT2D eigenvalue weighted by atomic mass is 10.0. The Hall–Kier alpha value is -2.61. The van der Waals surface area contributed by atoms with E-state index in [0.29, 0.717) is 22.1 Å². The summed E-state index contributed by atoms with van der Waals surface area (Å²) >= 11 is 7.36. The van der Waals surface area contributed by atoms with Crippen LogP contribution in [0.15, 0.2) is 57.8 Å². The average Bonchev–Trinajstić information content (AvgIpc) is 3.22. The summed E-state index contributed by atoms with van der Waals surface area (Å²) in [5.74, 6) is 0.713. The van der Waals surface area contributed by atoms with Crippen molar-refractivity contribution in [3.8, 4) is 17.4 Å². The van der Waals surface area contributed by atoms with Gasteiger partial charge in [-0.05, 0) is 54.8 Å². The molecule has 0 saturated heterocycles. The van der Waals surface area contributed by atoms with Crippen molar-refractivity contribution in [2.45, 2.75) is 6.92 Å². The van der Waals surface area contributed by atoms with Gasteiger partial charge in [-0.3, -0.25) is 4.79 Å². The van der Waals surface area contributed by atoms with Crippen LogP contribution in [0.3, 0.4) is 0 Å². The number of benzene rings is 1. The van der Waals surface area contributed by atoms with Crippen LogP contribution >= 0.6 is 22.9 Å². The Kier molecular flexibility index (Phi) is 4.66. The van der Waals surface area contributed by atoms with E-state index in [2.05, 4.69) is 0 Å². The summed E-state index contributed by atoms with van der Waals surface area (Å²) in [6.07, 6.45) is 1.60. The number of Topliss-reactive ketones (excluding diaryl/α,β-unsaturated/α-hetero) is 1. The first-order valence-electron chi connectivity index (χ1n) is 7.15. The maximum absolute atomic E-state index is 12.7. The maximum atomic E-state index is 12.7. The molecule has 3 aromatic rings. The third kappa shape index (κ3) is 3.33. The van der Waals surface area contributed by atoms with Crippen molar-refractivity contribution in [1.29, 1.82) is 5.26 Å². The summed E-state index contributed by atoms with van der Waals surface area (Å²) in [4.78, 5) is 13.5. The molecule has 0 N–H and O–H groups in total. The topological polar surface area (TPSA) is 54.0 Å². The quantitative estimate of drug-likeness (QED) is 0.340. The molecule has 3 nitrogen and oxygen atoms in total. The fourth-order valence-electron chi connectivity index (χ4n) is 2.27. The van der Waals surface area contributed by atoms with E-state index in [1.165, 1.54) is 11.3 Å². The molecule has 0 unspecified atom stereocenters. The zero-order chi connectivity index (χ0) is 17.1. The van der Waals surface area contributed by atoms with Gasteiger partial charge in [0.05, 0.1) is 5.56 Å². The highest BCUT2D eigenvalue weighted by Crippen LogP contribution is 2.28. The van der Waals surface area contributed by atoms with Crippen LogP contribution in [0.25, 0.3) is 17.4 Å². The predicted molar refractivity (Wildman–Crippen MR) is 96.1 cm³/mol. The van der Waals surface area contributed by atoms with Crippen LogP contribution in [0.4, 0.5) is 0 Å². The van der Waals surface area contributed by atoms with Crippen LogP contribution in [0.1, 0.15) is 21.0 Å². The highest BCUT2D eigenvalue weighted by Gasteiger charge is 2.19. The van der Waals surface area contributed by atoms with Gasteiger partial charge >= 0.3 is 0 Å². The smallest absolute Gasteiger partial charge is 0.207 e. The second kappa shape index (κ2) is 6.88. The van der Waals surface area contributed by atoms with Gasteiger partial charge in [0.25, 0.3) is 0 Å². The molecule has 2 heterocycles. The Morgan fingerprint density at radius 2 is 2.04 bits per heavy atom. The molecular formula is C19H12ClNO2S. The largest absolute Gasteiger partial charge is 0.461 e. The molecule has 0 atom stereocenters. The van der Waals surface area contributed by atoms with E-state index < -0.39 is 0 Å². The number of carbonyl (C=O) groups excluding carboxylic acids is 1. The van der Waals surface area contributed by atoms with Gasteiger partial charge in [-0.15, -0.1) is 11.3 Å². The number of ketones is 1. The van der Waals surface area contributed by atoms with Gasteiger partial charge in [-0.2, -0.15) is 5.26 Å². The molecule has 0 radical (unpaired) electrons. The Balaban J connectivity index is 1.96. The fraction of sp³-hybridized carbons (Fsp3) is 0.0526. The lowest BCUT2D eigenvalue weighted by Gasteiger charge is -1.96. The molecule has 0 aliphatic carbocycles. The summed E-state index contributed by atoms with van der Waals surface area (Å²) in [7, 11) is 0. The number of allylic oxidation sites excluding steroid dienone is 1. The second-order valence-corrected chi connectivity index (χ2v) is 6.52. The molecule has 0 spiro atoms. The van der Waals surface area contributed by atoms with Gasteiger partial charge in [0.2, 0.25) is 5.78 Å². The molecule has 118 valence electrons. The van der Waals surface area contributed by atoms with Crippen molar-refractivity contribution in [2.24, 2.45) is 0 Å². The number of furan rings is 1. The number of thiophene rings is 1. The number of nitrogens with zero attached hydrogens (tertiary/aromatic N) is 1. The molecule has 1 aromatic carbocycles. The van der Waals surface area contributed by atoms with Crippen molar-refractivity contribution in [2.75, 3.05) is 0 Å². The third-order valence-corrected chi connectivity index (χ3v) is 4.56. The van der Waals surface area contributed by atoms with E-state index in [0.717, 1.165) is 10.4 Å². The number of hydrogen-bond acceptors (Lipinski definition) is 4. The molecule has 0 bridgehead atoms. The monoisotopic (exact) mass is 353 g/mol. The average molecular weight is 354 g/mol. The SMILES string of the molecule is Cc1oc(-c2ccc(Cl)cc2)cc1C(=O)C(C#N)=Cc1cccs1. The van der Waals surface area contributed by atoms with E-state index in [4.69, 9.17) is 16.0 Å². The van der Waals surface area contributed by atoms with Crippen molar-refractivity contribution in [3.05, 3.63) is 74.6 Å². The summed E-state index contributed by atoms with van der Waals surface area (Å²) in [5.41, 5.74) is 1.30. The first kappa shape index (κ1) is 16.3. The predicted octanol–water partition coefficient (Wildman–Crippen LogP) is 5.76. The minimum absolute atomic E-state index is 0.0870. The van der Waals surface area contributed by atoms with Crippen LogP contribution < -0.4 is 0 Å². The Morgan fingerprint density at radius 1 is 1.29 bits per heavy atom. The molecule has 3 rings (SSSR count).